The number of carboxylic acids is 2. The van der Waals surface area contributed by atoms with E-state index in [-0.39, 0.29) is 17.9 Å². The van der Waals surface area contributed by atoms with Crippen LogP contribution >= 0.6 is 12.6 Å². The number of thiol groups is 1. The van der Waals surface area contributed by atoms with Gasteiger partial charge in [0.1, 0.15) is 23.9 Å². The van der Waals surface area contributed by atoms with Crippen molar-refractivity contribution in [2.45, 2.75) is 50.0 Å². The van der Waals surface area contributed by atoms with Gasteiger partial charge in [0.05, 0.1) is 18.6 Å². The standard InChI is InChI=1S/C20H28N4O9S/c1-9(25)16(24-17(29)12(21)6-10-2-4-11(26)5-3-10)19(31)22-13(7-15(27)28)18(30)23-14(8-34)20(32)33/h2-5,9,12-14,16,25-26,34H,6-8,21H2,1H3,(H,22,31)(H,23,30)(H,24,29)(H,27,28)(H,32,33). The van der Waals surface area contributed by atoms with E-state index in [9.17, 15) is 34.2 Å². The average molecular weight is 501 g/mol. The number of phenols is 1. The number of hydrogen-bond acceptors (Lipinski definition) is 9. The summed E-state index contributed by atoms with van der Waals surface area (Å²) in [5.74, 6) is -6.14. The van der Waals surface area contributed by atoms with E-state index in [4.69, 9.17) is 15.9 Å². The Balaban J connectivity index is 2.90. The van der Waals surface area contributed by atoms with Crippen LogP contribution in [0.15, 0.2) is 24.3 Å². The van der Waals surface area contributed by atoms with Crippen LogP contribution in [0.1, 0.15) is 18.9 Å². The quantitative estimate of drug-likeness (QED) is 0.130. The second kappa shape index (κ2) is 13.4. The zero-order chi connectivity index (χ0) is 26.0. The summed E-state index contributed by atoms with van der Waals surface area (Å²) in [5, 5.41) is 43.8. The first-order valence-corrected chi connectivity index (χ1v) is 10.7. The van der Waals surface area contributed by atoms with Crippen molar-refractivity contribution in [3.8, 4) is 5.75 Å². The van der Waals surface area contributed by atoms with Crippen molar-refractivity contribution in [2.75, 3.05) is 5.75 Å². The van der Waals surface area contributed by atoms with E-state index in [2.05, 4.69) is 28.6 Å². The lowest BCUT2D eigenvalue weighted by molar-refractivity contribution is -0.143. The summed E-state index contributed by atoms with van der Waals surface area (Å²) >= 11 is 3.79. The van der Waals surface area contributed by atoms with Gasteiger partial charge < -0.3 is 42.1 Å². The molecule has 1 aromatic carbocycles. The van der Waals surface area contributed by atoms with Crippen LogP contribution in [0.3, 0.4) is 0 Å². The molecule has 14 heteroatoms. The number of rotatable bonds is 13. The summed E-state index contributed by atoms with van der Waals surface area (Å²) in [7, 11) is 0. The highest BCUT2D eigenvalue weighted by atomic mass is 32.1. The van der Waals surface area contributed by atoms with Crippen LogP contribution in [0, 0.1) is 0 Å². The molecule has 1 aromatic rings. The Morgan fingerprint density at radius 2 is 1.50 bits per heavy atom. The van der Waals surface area contributed by atoms with Crippen LogP contribution in [0.25, 0.3) is 0 Å². The number of carboxylic acid groups (broad SMARTS) is 2. The Bertz CT molecular complexity index is 895. The molecule has 13 nitrogen and oxygen atoms in total. The van der Waals surface area contributed by atoms with Crippen LogP contribution in [-0.4, -0.2) is 86.1 Å². The van der Waals surface area contributed by atoms with Crippen LogP contribution in [0.4, 0.5) is 0 Å². The fourth-order valence-electron chi connectivity index (χ4n) is 2.75. The maximum atomic E-state index is 12.7. The van der Waals surface area contributed by atoms with E-state index in [1.807, 2.05) is 0 Å². The van der Waals surface area contributed by atoms with Crippen molar-refractivity contribution in [1.82, 2.24) is 16.0 Å². The molecule has 0 radical (unpaired) electrons. The molecule has 0 saturated carbocycles. The number of amides is 3. The number of carbonyl (C=O) groups excluding carboxylic acids is 3. The van der Waals surface area contributed by atoms with Crippen LogP contribution in [0.2, 0.25) is 0 Å². The number of nitrogens with one attached hydrogen (secondary N) is 3. The SMILES string of the molecule is CC(O)C(NC(=O)C(N)Cc1ccc(O)cc1)C(=O)NC(CC(=O)O)C(=O)NC(CS)C(=O)O. The van der Waals surface area contributed by atoms with Crippen molar-refractivity contribution in [3.63, 3.8) is 0 Å². The Labute approximate surface area is 200 Å². The highest BCUT2D eigenvalue weighted by Gasteiger charge is 2.33. The Hall–Kier alpha value is -3.36. The zero-order valence-corrected chi connectivity index (χ0v) is 19.1. The highest BCUT2D eigenvalue weighted by molar-refractivity contribution is 7.80. The number of carbonyl (C=O) groups is 5. The molecule has 0 aliphatic rings. The minimum atomic E-state index is -1.70. The van der Waals surface area contributed by atoms with Gasteiger partial charge in [0.15, 0.2) is 0 Å². The predicted molar refractivity (Wildman–Crippen MR) is 121 cm³/mol. The molecular formula is C20H28N4O9S. The maximum Gasteiger partial charge on any atom is 0.327 e. The molecule has 188 valence electrons. The van der Waals surface area contributed by atoms with Gasteiger partial charge in [-0.3, -0.25) is 19.2 Å². The lowest BCUT2D eigenvalue weighted by Gasteiger charge is -2.25. The fraction of sp³-hybridized carbons (Fsp3) is 0.450. The monoisotopic (exact) mass is 500 g/mol. The number of aliphatic hydroxyl groups excluding tert-OH is 1. The smallest absolute Gasteiger partial charge is 0.327 e. The molecule has 9 N–H and O–H groups in total. The first kappa shape index (κ1) is 28.7. The molecule has 0 aromatic heterocycles. The van der Waals surface area contributed by atoms with E-state index < -0.39 is 66.4 Å². The lowest BCUT2D eigenvalue weighted by Crippen LogP contribution is -2.60. The molecule has 5 atom stereocenters. The fourth-order valence-corrected chi connectivity index (χ4v) is 2.99. The Morgan fingerprint density at radius 1 is 0.941 bits per heavy atom. The minimum Gasteiger partial charge on any atom is -0.508 e. The number of aliphatic carboxylic acids is 2. The van der Waals surface area contributed by atoms with Crippen LogP contribution in [0.5, 0.6) is 5.75 Å². The third kappa shape index (κ3) is 9.25. The van der Waals surface area contributed by atoms with Crippen molar-refractivity contribution in [3.05, 3.63) is 29.8 Å². The number of aliphatic hydroxyl groups is 1. The second-order valence-electron chi connectivity index (χ2n) is 7.44. The second-order valence-corrected chi connectivity index (χ2v) is 7.81. The molecule has 0 bridgehead atoms. The van der Waals surface area contributed by atoms with Gasteiger partial charge in [0.25, 0.3) is 0 Å². The van der Waals surface area contributed by atoms with Gasteiger partial charge >= 0.3 is 11.9 Å². The van der Waals surface area contributed by atoms with Crippen LogP contribution < -0.4 is 21.7 Å². The molecule has 0 aliphatic carbocycles. The van der Waals surface area contributed by atoms with E-state index in [0.29, 0.717) is 5.56 Å². The minimum absolute atomic E-state index is 0.0246. The van der Waals surface area contributed by atoms with Gasteiger partial charge in [-0.1, -0.05) is 12.1 Å². The third-order valence-electron chi connectivity index (χ3n) is 4.60. The van der Waals surface area contributed by atoms with Gasteiger partial charge in [-0.15, -0.1) is 0 Å². The molecule has 34 heavy (non-hydrogen) atoms. The van der Waals surface area contributed by atoms with E-state index in [0.717, 1.165) is 0 Å². The summed E-state index contributed by atoms with van der Waals surface area (Å²) in [4.78, 5) is 59.7. The van der Waals surface area contributed by atoms with Gasteiger partial charge in [-0.2, -0.15) is 12.6 Å². The first-order valence-electron chi connectivity index (χ1n) is 10.0. The van der Waals surface area contributed by atoms with Crippen LogP contribution in [-0.2, 0) is 30.4 Å². The van der Waals surface area contributed by atoms with Crippen molar-refractivity contribution in [1.29, 1.82) is 0 Å². The first-order chi connectivity index (χ1) is 15.8. The Morgan fingerprint density at radius 3 is 1.97 bits per heavy atom. The maximum absolute atomic E-state index is 12.7. The summed E-state index contributed by atoms with van der Waals surface area (Å²) in [6, 6.07) is 0.0396. The summed E-state index contributed by atoms with van der Waals surface area (Å²) in [5.41, 5.74) is 6.48. The third-order valence-corrected chi connectivity index (χ3v) is 4.97. The lowest BCUT2D eigenvalue weighted by atomic mass is 10.0. The number of hydrogen-bond donors (Lipinski definition) is 9. The van der Waals surface area contributed by atoms with E-state index in [1.165, 1.54) is 19.1 Å². The van der Waals surface area contributed by atoms with Gasteiger partial charge in [0, 0.05) is 5.75 Å². The molecule has 0 heterocycles. The van der Waals surface area contributed by atoms with Gasteiger partial charge in [-0.05, 0) is 31.0 Å². The summed E-state index contributed by atoms with van der Waals surface area (Å²) in [6.45, 7) is 1.18. The number of aromatic hydroxyl groups is 1. The molecule has 0 fully saturated rings. The number of nitrogens with two attached hydrogens (primary N) is 1. The topological polar surface area (TPSA) is 228 Å². The molecule has 5 unspecified atom stereocenters. The summed E-state index contributed by atoms with van der Waals surface area (Å²) < 4.78 is 0. The normalized spacial score (nSPS) is 15.2. The molecule has 0 saturated heterocycles. The van der Waals surface area contributed by atoms with Gasteiger partial charge in [-0.25, -0.2) is 4.79 Å². The van der Waals surface area contributed by atoms with Crippen molar-refractivity contribution < 1.29 is 44.4 Å². The Kier molecular flexibility index (Phi) is 11.3. The largest absolute Gasteiger partial charge is 0.508 e. The highest BCUT2D eigenvalue weighted by Crippen LogP contribution is 2.11. The zero-order valence-electron chi connectivity index (χ0n) is 18.2. The molecule has 0 aliphatic heterocycles. The average Bonchev–Trinajstić information content (AvgIpc) is 2.75. The molecule has 3 amide bonds. The molecule has 1 rings (SSSR count). The van der Waals surface area contributed by atoms with Crippen molar-refractivity contribution >= 4 is 42.3 Å². The van der Waals surface area contributed by atoms with E-state index in [1.54, 1.807) is 12.1 Å². The molecular weight excluding hydrogens is 472 g/mol. The van der Waals surface area contributed by atoms with Crippen molar-refractivity contribution in [2.24, 2.45) is 5.73 Å². The summed E-state index contributed by atoms with van der Waals surface area (Å²) in [6.07, 6.45) is -2.30. The predicted octanol–water partition coefficient (Wildman–Crippen LogP) is -2.41. The van der Waals surface area contributed by atoms with E-state index >= 15 is 0 Å². The van der Waals surface area contributed by atoms with Gasteiger partial charge in [0.2, 0.25) is 17.7 Å². The molecule has 0 spiro atoms. The number of benzene rings is 1. The number of phenolic OH excluding ortho intramolecular Hbond substituents is 1.